The fourth-order valence-corrected chi connectivity index (χ4v) is 4.17. The lowest BCUT2D eigenvalue weighted by Crippen LogP contribution is -2.24. The van der Waals surface area contributed by atoms with Gasteiger partial charge in [0.15, 0.2) is 5.78 Å². The van der Waals surface area contributed by atoms with E-state index >= 15 is 0 Å². The van der Waals surface area contributed by atoms with Crippen molar-refractivity contribution >= 4 is 28.1 Å². The number of aryl methyl sites for hydroxylation is 1. The van der Waals surface area contributed by atoms with Gasteiger partial charge in [0.2, 0.25) is 0 Å². The van der Waals surface area contributed by atoms with Crippen LogP contribution in [0.4, 0.5) is 11.4 Å². The maximum absolute atomic E-state index is 13.5. The molecule has 0 saturated heterocycles. The number of fused-ring (bicyclic) bond motifs is 2. The number of pyridine rings is 1. The van der Waals surface area contributed by atoms with Gasteiger partial charge in [-0.2, -0.15) is 0 Å². The summed E-state index contributed by atoms with van der Waals surface area (Å²) < 4.78 is 1.63. The minimum Gasteiger partial charge on any atom is -0.355 e. The highest BCUT2D eigenvalue weighted by Crippen LogP contribution is 2.43. The van der Waals surface area contributed by atoms with Gasteiger partial charge in [0, 0.05) is 34.8 Å². The Labute approximate surface area is 189 Å². The molecule has 1 N–H and O–H groups in total. The summed E-state index contributed by atoms with van der Waals surface area (Å²) in [6, 6.07) is 21.1. The molecule has 4 aromatic rings. The predicted molar refractivity (Wildman–Crippen MR) is 135 cm³/mol. The lowest BCUT2D eigenvalue weighted by Gasteiger charge is -2.25. The van der Waals surface area contributed by atoms with E-state index in [2.05, 4.69) is 5.32 Å². The molecule has 164 valence electrons. The van der Waals surface area contributed by atoms with Crippen LogP contribution in [0, 0.1) is 6.92 Å². The number of aromatic nitrogens is 1. The van der Waals surface area contributed by atoms with E-state index in [1.165, 1.54) is 0 Å². The third kappa shape index (κ3) is 3.62. The average molecular weight is 427 g/mol. The predicted octanol–water partition coefficient (Wildman–Crippen LogP) is 6.85. The molecular weight excluding hydrogens is 396 g/mol. The lowest BCUT2D eigenvalue weighted by molar-refractivity contribution is 0.104. The van der Waals surface area contributed by atoms with E-state index < -0.39 is 0 Å². The van der Waals surface area contributed by atoms with Gasteiger partial charge < -0.3 is 9.88 Å². The Morgan fingerprint density at radius 1 is 0.719 bits per heavy atom. The maximum atomic E-state index is 13.5. The van der Waals surface area contributed by atoms with E-state index in [4.69, 9.17) is 0 Å². The number of rotatable bonds is 2. The summed E-state index contributed by atoms with van der Waals surface area (Å²) >= 11 is 0. The van der Waals surface area contributed by atoms with Gasteiger partial charge in [0.1, 0.15) is 0 Å². The summed E-state index contributed by atoms with van der Waals surface area (Å²) in [7, 11) is 1.76. The minimum absolute atomic E-state index is 0.0230. The van der Waals surface area contributed by atoms with E-state index in [1.807, 2.05) is 101 Å². The smallest absolute Gasteiger partial charge is 0.254 e. The van der Waals surface area contributed by atoms with Crippen LogP contribution in [0.3, 0.4) is 0 Å². The van der Waals surface area contributed by atoms with Crippen LogP contribution in [-0.4, -0.2) is 10.4 Å². The molecular formula is C28H30N2O2. The first-order chi connectivity index (χ1) is 15.6. The number of anilines is 2. The van der Waals surface area contributed by atoms with Crippen LogP contribution in [-0.2, 0) is 7.05 Å². The number of nitrogens with zero attached hydrogens (tertiary/aromatic N) is 1. The number of carbonyl (C=O) groups is 1. The molecule has 0 amide bonds. The summed E-state index contributed by atoms with van der Waals surface area (Å²) in [5, 5.41) is 4.22. The molecule has 0 bridgehead atoms. The fourth-order valence-electron chi connectivity index (χ4n) is 4.17. The maximum Gasteiger partial charge on any atom is 0.254 e. The van der Waals surface area contributed by atoms with Crippen LogP contribution in [0.5, 0.6) is 0 Å². The summed E-state index contributed by atoms with van der Waals surface area (Å²) in [5.74, 6) is -0.0230. The van der Waals surface area contributed by atoms with Crippen molar-refractivity contribution in [2.24, 2.45) is 7.05 Å². The van der Waals surface area contributed by atoms with Gasteiger partial charge in [0.25, 0.3) is 5.56 Å². The van der Waals surface area contributed by atoms with Crippen molar-refractivity contribution < 1.29 is 4.79 Å². The van der Waals surface area contributed by atoms with E-state index in [1.54, 1.807) is 11.6 Å². The second kappa shape index (κ2) is 9.65. The molecule has 1 aliphatic rings. The Balaban J connectivity index is 0.000000686. The highest BCUT2D eigenvalue weighted by atomic mass is 16.1. The molecule has 3 aromatic carbocycles. The Morgan fingerprint density at radius 2 is 1.31 bits per heavy atom. The standard InChI is InChI=1S/C24H18N2O2.2C2H6/c1-14-20-16-10-6-7-11-17(16)23(27)21-18(25-15-8-4-3-5-9-15)12-13-19(22(20)21)26(2)24(14)28;2*1-2/h3-13,25H,1-2H3;2*1-2H3. The zero-order chi connectivity index (χ0) is 23.4. The number of hydrogen-bond acceptors (Lipinski definition) is 3. The number of carbonyl (C=O) groups excluding carboxylic acids is 1. The van der Waals surface area contributed by atoms with Crippen molar-refractivity contribution in [3.63, 3.8) is 0 Å². The number of benzene rings is 3. The van der Waals surface area contributed by atoms with Crippen LogP contribution in [0.15, 0.2) is 71.5 Å². The second-order valence-electron chi connectivity index (χ2n) is 7.11. The van der Waals surface area contributed by atoms with Gasteiger partial charge >= 0.3 is 0 Å². The van der Waals surface area contributed by atoms with Gasteiger partial charge in [-0.15, -0.1) is 0 Å². The van der Waals surface area contributed by atoms with Crippen molar-refractivity contribution in [1.29, 1.82) is 0 Å². The molecule has 1 aliphatic carbocycles. The SMILES string of the molecule is CC.CC.Cc1c2c3c(c(Nc4ccccc4)ccc3n(C)c1=O)C(=O)c1ccccc1-2. The van der Waals surface area contributed by atoms with Gasteiger partial charge in [0.05, 0.1) is 16.8 Å². The molecule has 0 unspecified atom stereocenters. The highest BCUT2D eigenvalue weighted by Gasteiger charge is 2.30. The number of para-hydroxylation sites is 1. The largest absolute Gasteiger partial charge is 0.355 e. The molecule has 0 radical (unpaired) electrons. The summed E-state index contributed by atoms with van der Waals surface area (Å²) in [6.07, 6.45) is 0. The lowest BCUT2D eigenvalue weighted by atomic mass is 9.81. The number of nitrogens with one attached hydrogen (secondary N) is 1. The van der Waals surface area contributed by atoms with Gasteiger partial charge in [-0.3, -0.25) is 9.59 Å². The van der Waals surface area contributed by atoms with Crippen molar-refractivity contribution in [3.8, 4) is 11.1 Å². The second-order valence-corrected chi connectivity index (χ2v) is 7.11. The molecule has 5 rings (SSSR count). The van der Waals surface area contributed by atoms with Crippen molar-refractivity contribution in [1.82, 2.24) is 4.57 Å². The molecule has 0 fully saturated rings. The minimum atomic E-state index is -0.0404. The molecule has 4 heteroatoms. The first-order valence-electron chi connectivity index (χ1n) is 11.2. The summed E-state index contributed by atoms with van der Waals surface area (Å²) in [6.45, 7) is 9.84. The molecule has 4 nitrogen and oxygen atoms in total. The van der Waals surface area contributed by atoms with Crippen LogP contribution >= 0.6 is 0 Å². The van der Waals surface area contributed by atoms with Crippen LogP contribution < -0.4 is 10.9 Å². The number of hydrogen-bond donors (Lipinski definition) is 1. The normalized spacial score (nSPS) is 11.0. The Hall–Kier alpha value is -3.66. The highest BCUT2D eigenvalue weighted by molar-refractivity contribution is 6.28. The summed E-state index contributed by atoms with van der Waals surface area (Å²) in [5.41, 5.74) is 5.99. The molecule has 1 heterocycles. The van der Waals surface area contributed by atoms with E-state index in [0.29, 0.717) is 16.7 Å². The number of ketones is 1. The summed E-state index contributed by atoms with van der Waals surface area (Å²) in [4.78, 5) is 26.3. The molecule has 0 aliphatic heterocycles. The zero-order valence-corrected chi connectivity index (χ0v) is 19.6. The van der Waals surface area contributed by atoms with Crippen LogP contribution in [0.2, 0.25) is 0 Å². The Morgan fingerprint density at radius 3 is 1.97 bits per heavy atom. The quantitative estimate of drug-likeness (QED) is 0.336. The molecule has 0 spiro atoms. The Bertz CT molecular complexity index is 1340. The molecule has 0 atom stereocenters. The van der Waals surface area contributed by atoms with Gasteiger partial charge in [-0.1, -0.05) is 70.2 Å². The van der Waals surface area contributed by atoms with Crippen molar-refractivity contribution in [2.75, 3.05) is 5.32 Å². The van der Waals surface area contributed by atoms with Crippen molar-refractivity contribution in [2.45, 2.75) is 34.6 Å². The van der Waals surface area contributed by atoms with Crippen LogP contribution in [0.25, 0.3) is 22.0 Å². The topological polar surface area (TPSA) is 51.1 Å². The zero-order valence-electron chi connectivity index (χ0n) is 19.6. The van der Waals surface area contributed by atoms with E-state index in [-0.39, 0.29) is 11.3 Å². The molecule has 1 aromatic heterocycles. The first-order valence-corrected chi connectivity index (χ1v) is 11.2. The monoisotopic (exact) mass is 426 g/mol. The van der Waals surface area contributed by atoms with Gasteiger partial charge in [-0.05, 0) is 36.8 Å². The fraction of sp³-hybridized carbons (Fsp3) is 0.214. The van der Waals surface area contributed by atoms with Crippen molar-refractivity contribution in [3.05, 3.63) is 93.8 Å². The third-order valence-electron chi connectivity index (χ3n) is 5.52. The van der Waals surface area contributed by atoms with E-state index in [9.17, 15) is 9.59 Å². The Kier molecular flexibility index (Phi) is 6.94. The third-order valence-corrected chi connectivity index (χ3v) is 5.52. The van der Waals surface area contributed by atoms with Gasteiger partial charge in [-0.25, -0.2) is 0 Å². The molecule has 32 heavy (non-hydrogen) atoms. The van der Waals surface area contributed by atoms with E-state index in [0.717, 1.165) is 33.4 Å². The average Bonchev–Trinajstić information content (AvgIpc) is 2.85. The van der Waals surface area contributed by atoms with Crippen LogP contribution in [0.1, 0.15) is 49.2 Å². The molecule has 0 saturated carbocycles. The first kappa shape index (κ1) is 23.0.